The monoisotopic (exact) mass is 458 g/mol. The molecule has 0 spiro atoms. The van der Waals surface area contributed by atoms with E-state index in [4.69, 9.17) is 9.47 Å². The molecule has 0 amide bonds. The number of allylic oxidation sites excluding steroid dienone is 1. The Hall–Kier alpha value is -2.99. The molecule has 0 bridgehead atoms. The summed E-state index contributed by atoms with van der Waals surface area (Å²) in [4.78, 5) is 0. The van der Waals surface area contributed by atoms with E-state index < -0.39 is 17.5 Å². The molecule has 2 aromatic rings. The lowest BCUT2D eigenvalue weighted by atomic mass is 9.82. The average molecular weight is 459 g/mol. The van der Waals surface area contributed by atoms with Crippen LogP contribution in [0.25, 0.3) is 11.1 Å². The summed E-state index contributed by atoms with van der Waals surface area (Å²) >= 11 is 0. The van der Waals surface area contributed by atoms with Crippen molar-refractivity contribution in [2.24, 2.45) is 0 Å². The third-order valence-corrected chi connectivity index (χ3v) is 5.75. The molecule has 33 heavy (non-hydrogen) atoms. The third-order valence-electron chi connectivity index (χ3n) is 5.75. The van der Waals surface area contributed by atoms with Crippen LogP contribution in [0.5, 0.6) is 5.75 Å². The first-order valence-corrected chi connectivity index (χ1v) is 11.1. The van der Waals surface area contributed by atoms with E-state index in [1.54, 1.807) is 43.3 Å². The van der Waals surface area contributed by atoms with Gasteiger partial charge in [0.05, 0.1) is 12.7 Å². The van der Waals surface area contributed by atoms with Crippen LogP contribution in [0.3, 0.4) is 0 Å². The standard InChI is InChI=1S/C27H29F3O3/c1-4-32-18(3)25(28)15-17(2)16-33-22-11-7-20(8-12-22)24-14-13-23(26(29)27(24)30)19-5-9-21(31)10-6-19/h7-8,11-15,19,21,31H,2-6,9-10,16H2,1H3/b25-15+. The normalized spacial score (nSPS) is 18.6. The fraction of sp³-hybridized carbons (Fsp3) is 0.333. The molecule has 0 radical (unpaired) electrons. The summed E-state index contributed by atoms with van der Waals surface area (Å²) in [6.07, 6.45) is 3.34. The van der Waals surface area contributed by atoms with Crippen LogP contribution in [0.4, 0.5) is 13.2 Å². The molecule has 0 aliphatic heterocycles. The largest absolute Gasteiger partial charge is 0.491 e. The number of benzene rings is 2. The Morgan fingerprint density at radius 1 is 1.03 bits per heavy atom. The van der Waals surface area contributed by atoms with Crippen LogP contribution < -0.4 is 4.74 Å². The minimum atomic E-state index is -0.879. The molecule has 3 nitrogen and oxygen atoms in total. The zero-order valence-electron chi connectivity index (χ0n) is 18.8. The van der Waals surface area contributed by atoms with Crippen molar-refractivity contribution in [2.75, 3.05) is 13.2 Å². The SMILES string of the molecule is C=C(/C=C(/F)C(=C)OCC)COc1ccc(-c2ccc(C3CCC(O)CC3)c(F)c2F)cc1. The van der Waals surface area contributed by atoms with Crippen LogP contribution in [0.2, 0.25) is 0 Å². The summed E-state index contributed by atoms with van der Waals surface area (Å²) in [5, 5.41) is 9.65. The second-order valence-corrected chi connectivity index (χ2v) is 8.16. The predicted molar refractivity (Wildman–Crippen MR) is 124 cm³/mol. The van der Waals surface area contributed by atoms with Crippen molar-refractivity contribution < 1.29 is 27.8 Å². The van der Waals surface area contributed by atoms with E-state index in [1.807, 2.05) is 0 Å². The van der Waals surface area contributed by atoms with Gasteiger partial charge in [-0.15, -0.1) is 0 Å². The van der Waals surface area contributed by atoms with E-state index in [2.05, 4.69) is 13.2 Å². The second kappa shape index (κ2) is 11.2. The van der Waals surface area contributed by atoms with Crippen LogP contribution in [0, 0.1) is 11.6 Å². The molecule has 2 aromatic carbocycles. The summed E-state index contributed by atoms with van der Waals surface area (Å²) < 4.78 is 54.1. The highest BCUT2D eigenvalue weighted by atomic mass is 19.2. The van der Waals surface area contributed by atoms with Crippen molar-refractivity contribution >= 4 is 0 Å². The minimum Gasteiger partial charge on any atom is -0.491 e. The number of hydrogen-bond acceptors (Lipinski definition) is 3. The van der Waals surface area contributed by atoms with Crippen molar-refractivity contribution in [3.8, 4) is 16.9 Å². The number of halogens is 3. The van der Waals surface area contributed by atoms with Crippen molar-refractivity contribution in [3.63, 3.8) is 0 Å². The van der Waals surface area contributed by atoms with Crippen LogP contribution in [0.1, 0.15) is 44.1 Å². The molecule has 0 saturated heterocycles. The van der Waals surface area contributed by atoms with E-state index in [-0.39, 0.29) is 30.0 Å². The highest BCUT2D eigenvalue weighted by molar-refractivity contribution is 5.65. The number of hydrogen-bond donors (Lipinski definition) is 1. The van der Waals surface area contributed by atoms with Gasteiger partial charge in [0.1, 0.15) is 18.1 Å². The van der Waals surface area contributed by atoms with E-state index >= 15 is 0 Å². The van der Waals surface area contributed by atoms with Gasteiger partial charge in [-0.05, 0) is 73.4 Å². The minimum absolute atomic E-state index is 0.0416. The summed E-state index contributed by atoms with van der Waals surface area (Å²) in [6.45, 7) is 9.32. The summed E-state index contributed by atoms with van der Waals surface area (Å²) in [7, 11) is 0. The molecule has 6 heteroatoms. The van der Waals surface area contributed by atoms with Gasteiger partial charge < -0.3 is 14.6 Å². The quantitative estimate of drug-likeness (QED) is 0.325. The maximum atomic E-state index is 14.8. The molecule has 1 aliphatic carbocycles. The number of rotatable bonds is 9. The first-order chi connectivity index (χ1) is 15.8. The van der Waals surface area contributed by atoms with Crippen LogP contribution in [-0.4, -0.2) is 24.4 Å². The second-order valence-electron chi connectivity index (χ2n) is 8.16. The zero-order valence-corrected chi connectivity index (χ0v) is 18.8. The molecule has 0 unspecified atom stereocenters. The number of aliphatic hydroxyl groups excluding tert-OH is 1. The van der Waals surface area contributed by atoms with Crippen molar-refractivity contribution in [1.29, 1.82) is 0 Å². The molecule has 0 heterocycles. The topological polar surface area (TPSA) is 38.7 Å². The first kappa shape index (κ1) is 24.6. The zero-order chi connectivity index (χ0) is 24.0. The molecule has 3 rings (SSSR count). The lowest BCUT2D eigenvalue weighted by Gasteiger charge is -2.26. The summed E-state index contributed by atoms with van der Waals surface area (Å²) in [5.74, 6) is -1.99. The van der Waals surface area contributed by atoms with Gasteiger partial charge >= 0.3 is 0 Å². The maximum absolute atomic E-state index is 14.8. The fourth-order valence-electron chi connectivity index (χ4n) is 3.94. The van der Waals surface area contributed by atoms with Gasteiger partial charge in [-0.3, -0.25) is 0 Å². The predicted octanol–water partition coefficient (Wildman–Crippen LogP) is 6.99. The summed E-state index contributed by atoms with van der Waals surface area (Å²) in [6, 6.07) is 9.78. The smallest absolute Gasteiger partial charge is 0.166 e. The van der Waals surface area contributed by atoms with E-state index in [0.717, 1.165) is 0 Å². The van der Waals surface area contributed by atoms with E-state index in [1.165, 1.54) is 6.08 Å². The third kappa shape index (κ3) is 6.29. The highest BCUT2D eigenvalue weighted by Crippen LogP contribution is 2.37. The lowest BCUT2D eigenvalue weighted by molar-refractivity contribution is 0.122. The molecule has 1 N–H and O–H groups in total. The molecular formula is C27H29F3O3. The molecule has 176 valence electrons. The molecule has 1 aliphatic rings. The molecular weight excluding hydrogens is 429 g/mol. The number of aliphatic hydroxyl groups is 1. The highest BCUT2D eigenvalue weighted by Gasteiger charge is 2.25. The summed E-state index contributed by atoms with van der Waals surface area (Å²) in [5.41, 5.74) is 1.44. The Morgan fingerprint density at radius 3 is 2.33 bits per heavy atom. The van der Waals surface area contributed by atoms with Crippen molar-refractivity contribution in [2.45, 2.75) is 44.6 Å². The molecule has 0 aromatic heterocycles. The van der Waals surface area contributed by atoms with Crippen LogP contribution in [-0.2, 0) is 4.74 Å². The van der Waals surface area contributed by atoms with Crippen molar-refractivity contribution in [1.82, 2.24) is 0 Å². The maximum Gasteiger partial charge on any atom is 0.166 e. The fourth-order valence-corrected chi connectivity index (χ4v) is 3.94. The van der Waals surface area contributed by atoms with Gasteiger partial charge in [0.15, 0.2) is 17.5 Å². The van der Waals surface area contributed by atoms with Crippen LogP contribution >= 0.6 is 0 Å². The van der Waals surface area contributed by atoms with Gasteiger partial charge in [-0.1, -0.05) is 37.4 Å². The van der Waals surface area contributed by atoms with Gasteiger partial charge in [0.25, 0.3) is 0 Å². The average Bonchev–Trinajstić information content (AvgIpc) is 2.81. The van der Waals surface area contributed by atoms with Gasteiger partial charge in [-0.2, -0.15) is 0 Å². The number of ether oxygens (including phenoxy) is 2. The first-order valence-electron chi connectivity index (χ1n) is 11.1. The molecule has 0 atom stereocenters. The lowest BCUT2D eigenvalue weighted by Crippen LogP contribution is -2.18. The van der Waals surface area contributed by atoms with Crippen molar-refractivity contribution in [3.05, 3.63) is 90.0 Å². The Balaban J connectivity index is 1.65. The molecule has 1 fully saturated rings. The molecule has 1 saturated carbocycles. The Morgan fingerprint density at radius 2 is 1.70 bits per heavy atom. The Labute approximate surface area is 192 Å². The van der Waals surface area contributed by atoms with Gasteiger partial charge in [-0.25, -0.2) is 13.2 Å². The Bertz CT molecular complexity index is 1020. The van der Waals surface area contributed by atoms with Gasteiger partial charge in [0, 0.05) is 5.56 Å². The van der Waals surface area contributed by atoms with Gasteiger partial charge in [0.2, 0.25) is 0 Å². The van der Waals surface area contributed by atoms with E-state index in [9.17, 15) is 18.3 Å². The van der Waals surface area contributed by atoms with Crippen LogP contribution in [0.15, 0.2) is 72.8 Å². The van der Waals surface area contributed by atoms with E-state index in [0.29, 0.717) is 54.7 Å². The Kier molecular flexibility index (Phi) is 8.39.